The predicted octanol–water partition coefficient (Wildman–Crippen LogP) is 3.51. The fourth-order valence-corrected chi connectivity index (χ4v) is 3.98. The van der Waals surface area contributed by atoms with Crippen molar-refractivity contribution in [1.82, 2.24) is 20.1 Å². The lowest BCUT2D eigenvalue weighted by atomic mass is 9.84. The third-order valence-electron chi connectivity index (χ3n) is 5.79. The van der Waals surface area contributed by atoms with Gasteiger partial charge in [0.15, 0.2) is 0 Å². The molecule has 2 N–H and O–H groups in total. The lowest BCUT2D eigenvalue weighted by Gasteiger charge is -2.28. The first-order chi connectivity index (χ1) is 14.5. The SMILES string of the molecule is CN(CCCCCCOc1ccc(-c2ccn[nH]2)nc1)C(=O)C1(C(=O)O)CCCC1. The van der Waals surface area contributed by atoms with Gasteiger partial charge in [-0.3, -0.25) is 19.7 Å². The molecule has 1 saturated carbocycles. The molecule has 0 saturated heterocycles. The van der Waals surface area contributed by atoms with Crippen LogP contribution in [-0.4, -0.2) is 57.3 Å². The number of carbonyl (C=O) groups is 2. The number of unbranched alkanes of at least 4 members (excludes halogenated alkanes) is 3. The van der Waals surface area contributed by atoms with E-state index in [-0.39, 0.29) is 5.91 Å². The molecule has 0 unspecified atom stereocenters. The minimum atomic E-state index is -1.19. The average Bonchev–Trinajstić information content (AvgIpc) is 3.45. The van der Waals surface area contributed by atoms with Gasteiger partial charge in [0.25, 0.3) is 0 Å². The maximum Gasteiger partial charge on any atom is 0.319 e. The molecular formula is C22H30N4O4. The Kier molecular flexibility index (Phi) is 7.43. The molecule has 8 heteroatoms. The quantitative estimate of drug-likeness (QED) is 0.430. The molecule has 0 spiro atoms. The molecule has 3 rings (SSSR count). The van der Waals surface area contributed by atoms with E-state index in [1.807, 2.05) is 18.2 Å². The summed E-state index contributed by atoms with van der Waals surface area (Å²) in [5.74, 6) is -0.470. The summed E-state index contributed by atoms with van der Waals surface area (Å²) in [4.78, 5) is 30.2. The van der Waals surface area contributed by atoms with Gasteiger partial charge in [0.1, 0.15) is 11.2 Å². The number of carboxylic acid groups (broad SMARTS) is 1. The molecular weight excluding hydrogens is 384 g/mol. The fourth-order valence-electron chi connectivity index (χ4n) is 3.98. The first-order valence-electron chi connectivity index (χ1n) is 10.6. The van der Waals surface area contributed by atoms with Crippen molar-refractivity contribution in [2.45, 2.75) is 51.4 Å². The van der Waals surface area contributed by atoms with Crippen LogP contribution in [0.5, 0.6) is 5.75 Å². The zero-order valence-electron chi connectivity index (χ0n) is 17.5. The summed E-state index contributed by atoms with van der Waals surface area (Å²) < 4.78 is 5.73. The van der Waals surface area contributed by atoms with Crippen LogP contribution in [0.25, 0.3) is 11.4 Å². The summed E-state index contributed by atoms with van der Waals surface area (Å²) in [6.07, 6.45) is 9.68. The van der Waals surface area contributed by atoms with Crippen molar-refractivity contribution in [2.75, 3.05) is 20.2 Å². The number of carboxylic acids is 1. The van der Waals surface area contributed by atoms with Crippen molar-refractivity contribution in [3.63, 3.8) is 0 Å². The molecule has 0 bridgehead atoms. The highest BCUT2D eigenvalue weighted by atomic mass is 16.5. The summed E-state index contributed by atoms with van der Waals surface area (Å²) in [7, 11) is 1.72. The molecule has 30 heavy (non-hydrogen) atoms. The lowest BCUT2D eigenvalue weighted by molar-refractivity contribution is -0.159. The van der Waals surface area contributed by atoms with Gasteiger partial charge >= 0.3 is 5.97 Å². The Hall–Kier alpha value is -2.90. The molecule has 2 aromatic rings. The largest absolute Gasteiger partial charge is 0.492 e. The second-order valence-electron chi connectivity index (χ2n) is 7.93. The van der Waals surface area contributed by atoms with Crippen LogP contribution < -0.4 is 4.74 Å². The van der Waals surface area contributed by atoms with Crippen molar-refractivity contribution in [1.29, 1.82) is 0 Å². The summed E-state index contributed by atoms with van der Waals surface area (Å²) in [5.41, 5.74) is 0.497. The molecule has 2 heterocycles. The van der Waals surface area contributed by atoms with E-state index < -0.39 is 11.4 Å². The zero-order valence-corrected chi connectivity index (χ0v) is 17.5. The Balaban J connectivity index is 1.30. The molecule has 1 aliphatic rings. The number of hydrogen-bond donors (Lipinski definition) is 2. The molecule has 0 aliphatic heterocycles. The number of nitrogens with zero attached hydrogens (tertiary/aromatic N) is 3. The Labute approximate surface area is 176 Å². The van der Waals surface area contributed by atoms with Gasteiger partial charge < -0.3 is 14.7 Å². The molecule has 2 aromatic heterocycles. The second-order valence-corrected chi connectivity index (χ2v) is 7.93. The molecule has 1 amide bonds. The lowest BCUT2D eigenvalue weighted by Crippen LogP contribution is -2.45. The standard InChI is InChI=1S/C22H30N4O4/c1-26(20(27)22(21(28)29)11-4-5-12-22)14-6-2-3-7-15-30-17-8-9-18(23-16-17)19-10-13-24-25-19/h8-10,13,16H,2-7,11-12,14-15H2,1H3,(H,24,25)(H,28,29). The minimum absolute atomic E-state index is 0.234. The summed E-state index contributed by atoms with van der Waals surface area (Å²) in [6.45, 7) is 1.20. The van der Waals surface area contributed by atoms with Gasteiger partial charge in [-0.15, -0.1) is 0 Å². The van der Waals surface area contributed by atoms with Crippen LogP contribution in [-0.2, 0) is 9.59 Å². The van der Waals surface area contributed by atoms with Gasteiger partial charge in [0.05, 0.1) is 24.2 Å². The molecule has 8 nitrogen and oxygen atoms in total. The van der Waals surface area contributed by atoms with Crippen LogP contribution in [0.4, 0.5) is 0 Å². The van der Waals surface area contributed by atoms with E-state index in [0.29, 0.717) is 26.0 Å². The number of rotatable bonds is 11. The number of aromatic nitrogens is 3. The van der Waals surface area contributed by atoms with E-state index in [9.17, 15) is 14.7 Å². The molecule has 162 valence electrons. The number of H-pyrrole nitrogens is 1. The van der Waals surface area contributed by atoms with Crippen LogP contribution in [0.2, 0.25) is 0 Å². The Morgan fingerprint density at radius 3 is 2.57 bits per heavy atom. The maximum atomic E-state index is 12.6. The Morgan fingerprint density at radius 2 is 1.93 bits per heavy atom. The summed E-state index contributed by atoms with van der Waals surface area (Å²) in [6, 6.07) is 5.65. The number of carbonyl (C=O) groups excluding carboxylic acids is 1. The van der Waals surface area contributed by atoms with Crippen molar-refractivity contribution in [3.8, 4) is 17.1 Å². The number of pyridine rings is 1. The minimum Gasteiger partial charge on any atom is -0.492 e. The third kappa shape index (κ3) is 5.17. The number of ether oxygens (including phenoxy) is 1. The summed E-state index contributed by atoms with van der Waals surface area (Å²) in [5, 5.41) is 16.3. The maximum absolute atomic E-state index is 12.6. The molecule has 0 radical (unpaired) electrons. The zero-order chi connectivity index (χ0) is 21.4. The van der Waals surface area contributed by atoms with Gasteiger partial charge in [-0.1, -0.05) is 25.7 Å². The predicted molar refractivity (Wildman–Crippen MR) is 112 cm³/mol. The van der Waals surface area contributed by atoms with E-state index in [1.165, 1.54) is 0 Å². The molecule has 1 aliphatic carbocycles. The van der Waals surface area contributed by atoms with Crippen molar-refractivity contribution in [3.05, 3.63) is 30.6 Å². The fraction of sp³-hybridized carbons (Fsp3) is 0.545. The monoisotopic (exact) mass is 414 g/mol. The van der Waals surface area contributed by atoms with Gasteiger partial charge in [-0.2, -0.15) is 5.10 Å². The van der Waals surface area contributed by atoms with Crippen LogP contribution in [0.15, 0.2) is 30.6 Å². The molecule has 0 aromatic carbocycles. The highest BCUT2D eigenvalue weighted by Gasteiger charge is 2.49. The first kappa shape index (κ1) is 21.8. The highest BCUT2D eigenvalue weighted by Crippen LogP contribution is 2.39. The number of hydrogen-bond acceptors (Lipinski definition) is 5. The van der Waals surface area contributed by atoms with Crippen LogP contribution in [0.1, 0.15) is 51.4 Å². The van der Waals surface area contributed by atoms with Gasteiger partial charge in [0.2, 0.25) is 5.91 Å². The number of aliphatic carboxylic acids is 1. The first-order valence-corrected chi connectivity index (χ1v) is 10.6. The van der Waals surface area contributed by atoms with E-state index in [4.69, 9.17) is 4.74 Å². The molecule has 0 atom stereocenters. The Bertz CT molecular complexity index is 814. The number of aromatic amines is 1. The highest BCUT2D eigenvalue weighted by molar-refractivity contribution is 6.02. The van der Waals surface area contributed by atoms with E-state index >= 15 is 0 Å². The Morgan fingerprint density at radius 1 is 1.17 bits per heavy atom. The average molecular weight is 415 g/mol. The third-order valence-corrected chi connectivity index (χ3v) is 5.79. The molecule has 1 fully saturated rings. The summed E-state index contributed by atoms with van der Waals surface area (Å²) >= 11 is 0. The van der Waals surface area contributed by atoms with Crippen molar-refractivity contribution in [2.24, 2.45) is 5.41 Å². The van der Waals surface area contributed by atoms with E-state index in [2.05, 4.69) is 15.2 Å². The number of amides is 1. The van der Waals surface area contributed by atoms with E-state index in [0.717, 1.165) is 55.7 Å². The van der Waals surface area contributed by atoms with Crippen LogP contribution in [0.3, 0.4) is 0 Å². The van der Waals surface area contributed by atoms with Crippen LogP contribution in [0, 0.1) is 5.41 Å². The van der Waals surface area contributed by atoms with Gasteiger partial charge in [-0.05, 0) is 43.9 Å². The topological polar surface area (TPSA) is 108 Å². The van der Waals surface area contributed by atoms with Crippen LogP contribution >= 0.6 is 0 Å². The van der Waals surface area contributed by atoms with Crippen molar-refractivity contribution < 1.29 is 19.4 Å². The van der Waals surface area contributed by atoms with Gasteiger partial charge in [-0.25, -0.2) is 0 Å². The van der Waals surface area contributed by atoms with Gasteiger partial charge in [0, 0.05) is 19.8 Å². The smallest absolute Gasteiger partial charge is 0.319 e. The van der Waals surface area contributed by atoms with Crippen molar-refractivity contribution >= 4 is 11.9 Å². The normalized spacial score (nSPS) is 15.1. The van der Waals surface area contributed by atoms with E-state index in [1.54, 1.807) is 24.3 Å². The second kappa shape index (κ2) is 10.2. The number of nitrogens with one attached hydrogen (secondary N) is 1.